The molecule has 3 saturated heterocycles. The van der Waals surface area contributed by atoms with Gasteiger partial charge in [0, 0.05) is 24.9 Å². The van der Waals surface area contributed by atoms with Gasteiger partial charge in [0.25, 0.3) is 0 Å². The van der Waals surface area contributed by atoms with Crippen molar-refractivity contribution in [1.82, 2.24) is 4.90 Å². The molecule has 0 N–H and O–H groups in total. The standard InChI is InChI=1S/C24H27NO4.BrH/c1-25-20-12-18(13-21(25)23-22(20)29-23)28-24(26)19(17-10-6-3-7-11-17)15-27-14-16-8-4-2-5-9-16;/h2-11,18-23H,12-15H2,1H3;1H/t18-,19-,20-,21+,22-,23+;/m1./s1. The molecule has 2 aromatic rings. The van der Waals surface area contributed by atoms with Crippen LogP contribution in [0.4, 0.5) is 0 Å². The maximum atomic E-state index is 13.1. The van der Waals surface area contributed by atoms with Crippen LogP contribution in [0.15, 0.2) is 60.7 Å². The largest absolute Gasteiger partial charge is 0.462 e. The van der Waals surface area contributed by atoms with Gasteiger partial charge >= 0.3 is 5.97 Å². The third-order valence-electron chi connectivity index (χ3n) is 6.54. The van der Waals surface area contributed by atoms with Crippen molar-refractivity contribution >= 4 is 23.0 Å². The summed E-state index contributed by atoms with van der Waals surface area (Å²) in [5.74, 6) is -0.601. The summed E-state index contributed by atoms with van der Waals surface area (Å²) in [6.07, 6.45) is 2.35. The highest BCUT2D eigenvalue weighted by molar-refractivity contribution is 8.93. The molecule has 0 unspecified atom stereocenters. The van der Waals surface area contributed by atoms with Gasteiger partial charge in [0.1, 0.15) is 24.2 Å². The first-order valence-corrected chi connectivity index (χ1v) is 10.4. The SMILES string of the molecule is Br.CN1[C@@H]2C[C@@H](OC(=O)[C@H](COCc3ccccc3)c3ccccc3)C[C@H]1[C@@H]1O[C@@H]12. The molecule has 3 heterocycles. The van der Waals surface area contributed by atoms with E-state index in [-0.39, 0.29) is 29.1 Å². The van der Waals surface area contributed by atoms with Crippen molar-refractivity contribution in [3.63, 3.8) is 0 Å². The van der Waals surface area contributed by atoms with Gasteiger partial charge < -0.3 is 14.2 Å². The molecule has 0 saturated carbocycles. The Kier molecular flexibility index (Phi) is 6.58. The van der Waals surface area contributed by atoms with E-state index in [0.29, 0.717) is 37.5 Å². The van der Waals surface area contributed by atoms with E-state index < -0.39 is 5.92 Å². The lowest BCUT2D eigenvalue weighted by Crippen LogP contribution is -2.48. The van der Waals surface area contributed by atoms with E-state index in [1.807, 2.05) is 60.7 Å². The third kappa shape index (κ3) is 4.33. The van der Waals surface area contributed by atoms with Gasteiger partial charge in [-0.25, -0.2) is 0 Å². The summed E-state index contributed by atoms with van der Waals surface area (Å²) in [5, 5.41) is 0. The zero-order valence-electron chi connectivity index (χ0n) is 17.1. The van der Waals surface area contributed by atoms with Crippen molar-refractivity contribution in [3.8, 4) is 0 Å². The Hall–Kier alpha value is -1.73. The normalized spacial score (nSPS) is 30.1. The Balaban J connectivity index is 0.00000218. The van der Waals surface area contributed by atoms with Crippen LogP contribution in [0.25, 0.3) is 0 Å². The predicted molar refractivity (Wildman–Crippen MR) is 119 cm³/mol. The number of carbonyl (C=O) groups excluding carboxylic acids is 1. The lowest BCUT2D eigenvalue weighted by atomic mass is 9.97. The van der Waals surface area contributed by atoms with E-state index in [1.54, 1.807) is 0 Å². The van der Waals surface area contributed by atoms with Gasteiger partial charge in [0.05, 0.1) is 13.2 Å². The smallest absolute Gasteiger partial charge is 0.316 e. The van der Waals surface area contributed by atoms with Gasteiger partial charge in [-0.15, -0.1) is 17.0 Å². The van der Waals surface area contributed by atoms with Crippen LogP contribution in [0.3, 0.4) is 0 Å². The fraction of sp³-hybridized carbons (Fsp3) is 0.458. The first-order valence-electron chi connectivity index (χ1n) is 10.4. The molecule has 0 amide bonds. The molecule has 3 aliphatic heterocycles. The van der Waals surface area contributed by atoms with Gasteiger partial charge in [0.2, 0.25) is 0 Å². The summed E-state index contributed by atoms with van der Waals surface area (Å²) >= 11 is 0. The predicted octanol–water partition coefficient (Wildman–Crippen LogP) is 3.72. The number of ether oxygens (including phenoxy) is 3. The number of carbonyl (C=O) groups is 1. The monoisotopic (exact) mass is 473 g/mol. The number of likely N-dealkylation sites (N-methyl/N-ethyl adjacent to an activating group) is 1. The second-order valence-corrected chi connectivity index (χ2v) is 8.36. The van der Waals surface area contributed by atoms with Crippen LogP contribution in [0, 0.1) is 0 Å². The van der Waals surface area contributed by atoms with E-state index in [4.69, 9.17) is 14.2 Å². The number of halogens is 1. The van der Waals surface area contributed by atoms with E-state index in [9.17, 15) is 4.79 Å². The molecule has 0 radical (unpaired) electrons. The van der Waals surface area contributed by atoms with E-state index >= 15 is 0 Å². The molecule has 2 aromatic carbocycles. The first-order chi connectivity index (χ1) is 14.2. The summed E-state index contributed by atoms with van der Waals surface area (Å²) in [7, 11) is 2.16. The van der Waals surface area contributed by atoms with Gasteiger partial charge in [-0.1, -0.05) is 60.7 Å². The molecule has 160 valence electrons. The lowest BCUT2D eigenvalue weighted by molar-refractivity contribution is -0.157. The summed E-state index contributed by atoms with van der Waals surface area (Å²) in [5.41, 5.74) is 2.03. The van der Waals surface area contributed by atoms with Crippen LogP contribution in [0.2, 0.25) is 0 Å². The van der Waals surface area contributed by atoms with Crippen molar-refractivity contribution in [1.29, 1.82) is 0 Å². The molecule has 0 spiro atoms. The minimum atomic E-state index is -0.414. The quantitative estimate of drug-likeness (QED) is 0.453. The number of esters is 1. The Morgan fingerprint density at radius 3 is 2.27 bits per heavy atom. The molecule has 2 bridgehead atoms. The van der Waals surface area contributed by atoms with Crippen molar-refractivity contribution in [2.24, 2.45) is 0 Å². The Labute approximate surface area is 188 Å². The van der Waals surface area contributed by atoms with Crippen molar-refractivity contribution < 1.29 is 19.0 Å². The topological polar surface area (TPSA) is 51.3 Å². The molecule has 5 nitrogen and oxygen atoms in total. The van der Waals surface area contributed by atoms with Crippen LogP contribution in [-0.4, -0.2) is 54.9 Å². The Morgan fingerprint density at radius 2 is 1.63 bits per heavy atom. The molecule has 3 fully saturated rings. The minimum absolute atomic E-state index is 0. The van der Waals surface area contributed by atoms with Crippen molar-refractivity contribution in [2.45, 2.75) is 55.8 Å². The van der Waals surface area contributed by atoms with E-state index in [2.05, 4.69) is 11.9 Å². The van der Waals surface area contributed by atoms with Crippen molar-refractivity contribution in [3.05, 3.63) is 71.8 Å². The molecule has 0 aromatic heterocycles. The average molecular weight is 474 g/mol. The molecule has 30 heavy (non-hydrogen) atoms. The zero-order chi connectivity index (χ0) is 19.8. The van der Waals surface area contributed by atoms with Gasteiger partial charge in [0.15, 0.2) is 0 Å². The number of hydrogen-bond donors (Lipinski definition) is 0. The molecule has 5 rings (SSSR count). The number of morpholine rings is 1. The molecular formula is C24H28BrNO4. The van der Waals surface area contributed by atoms with Gasteiger partial charge in [-0.3, -0.25) is 9.69 Å². The fourth-order valence-electron chi connectivity index (χ4n) is 4.90. The molecular weight excluding hydrogens is 446 g/mol. The highest BCUT2D eigenvalue weighted by atomic mass is 79.9. The highest BCUT2D eigenvalue weighted by Crippen LogP contribution is 2.48. The van der Waals surface area contributed by atoms with Crippen LogP contribution >= 0.6 is 17.0 Å². The summed E-state index contributed by atoms with van der Waals surface area (Å²) in [6, 6.07) is 20.6. The number of hydrogen-bond acceptors (Lipinski definition) is 5. The van der Waals surface area contributed by atoms with E-state index in [1.165, 1.54) is 0 Å². The van der Waals surface area contributed by atoms with E-state index in [0.717, 1.165) is 24.0 Å². The molecule has 6 atom stereocenters. The second-order valence-electron chi connectivity index (χ2n) is 8.36. The summed E-state index contributed by atoms with van der Waals surface area (Å²) in [4.78, 5) is 15.5. The van der Waals surface area contributed by atoms with Crippen LogP contribution in [0.5, 0.6) is 0 Å². The lowest BCUT2D eigenvalue weighted by Gasteiger charge is -2.38. The number of nitrogens with zero attached hydrogens (tertiary/aromatic N) is 1. The van der Waals surface area contributed by atoms with Gasteiger partial charge in [-0.05, 0) is 18.2 Å². The molecule has 3 aliphatic rings. The number of epoxide rings is 1. The first kappa shape index (κ1) is 21.5. The van der Waals surface area contributed by atoms with Crippen LogP contribution in [-0.2, 0) is 25.6 Å². The molecule has 6 heteroatoms. The average Bonchev–Trinajstić information content (AvgIpc) is 3.51. The second kappa shape index (κ2) is 9.18. The maximum absolute atomic E-state index is 13.1. The number of fused-ring (bicyclic) bond motifs is 5. The third-order valence-corrected chi connectivity index (χ3v) is 6.54. The highest BCUT2D eigenvalue weighted by Gasteiger charge is 2.62. The summed E-state index contributed by atoms with van der Waals surface area (Å²) in [6.45, 7) is 0.794. The Morgan fingerprint density at radius 1 is 1.03 bits per heavy atom. The number of benzene rings is 2. The van der Waals surface area contributed by atoms with Gasteiger partial charge in [-0.2, -0.15) is 0 Å². The van der Waals surface area contributed by atoms with Crippen LogP contribution < -0.4 is 0 Å². The van der Waals surface area contributed by atoms with Crippen LogP contribution in [0.1, 0.15) is 29.9 Å². The Bertz CT molecular complexity index is 831. The summed E-state index contributed by atoms with van der Waals surface area (Å²) < 4.78 is 17.7. The fourth-order valence-corrected chi connectivity index (χ4v) is 4.90. The minimum Gasteiger partial charge on any atom is -0.462 e. The molecule has 0 aliphatic carbocycles. The maximum Gasteiger partial charge on any atom is 0.316 e. The van der Waals surface area contributed by atoms with Crippen molar-refractivity contribution in [2.75, 3.05) is 13.7 Å². The number of piperidine rings is 1. The number of rotatable bonds is 7. The zero-order valence-corrected chi connectivity index (χ0v) is 18.8.